The Morgan fingerprint density at radius 1 is 1.04 bits per heavy atom. The van der Waals surface area contributed by atoms with Crippen molar-refractivity contribution in [3.05, 3.63) is 77.9 Å². The molecule has 0 atom stereocenters. The van der Waals surface area contributed by atoms with Gasteiger partial charge < -0.3 is 16.0 Å². The van der Waals surface area contributed by atoms with E-state index in [-0.39, 0.29) is 5.82 Å². The summed E-state index contributed by atoms with van der Waals surface area (Å²) in [5.41, 5.74) is 1.88. The first kappa shape index (κ1) is 15.6. The maximum atomic E-state index is 13.7. The van der Waals surface area contributed by atoms with E-state index in [4.69, 9.17) is 5.41 Å². The van der Waals surface area contributed by atoms with Crippen molar-refractivity contribution in [2.75, 3.05) is 10.6 Å². The molecule has 0 saturated heterocycles. The standard InChI is InChI=1S/C18H16FN5/c19-15-6-2-1-5-13(15)11-22-16-9-18(23-12-14(16)10-20)24-17-7-3-4-8-21-17/h1-10,12,20H,11H2,(H2,21,22,23,24). The summed E-state index contributed by atoms with van der Waals surface area (Å²) in [7, 11) is 0. The maximum Gasteiger partial charge on any atom is 0.133 e. The molecule has 1 aromatic carbocycles. The quantitative estimate of drug-likeness (QED) is 0.601. The van der Waals surface area contributed by atoms with Crippen LogP contribution < -0.4 is 10.6 Å². The molecule has 0 amide bonds. The predicted octanol–water partition coefficient (Wildman–Crippen LogP) is 3.97. The molecule has 6 heteroatoms. The highest BCUT2D eigenvalue weighted by Gasteiger charge is 2.06. The predicted molar refractivity (Wildman–Crippen MR) is 93.4 cm³/mol. The summed E-state index contributed by atoms with van der Waals surface area (Å²) in [6, 6.07) is 13.9. The Kier molecular flexibility index (Phi) is 4.76. The van der Waals surface area contributed by atoms with Crippen LogP contribution >= 0.6 is 0 Å². The smallest absolute Gasteiger partial charge is 0.133 e. The minimum Gasteiger partial charge on any atom is -0.380 e. The van der Waals surface area contributed by atoms with Gasteiger partial charge in [0.2, 0.25) is 0 Å². The van der Waals surface area contributed by atoms with E-state index in [0.29, 0.717) is 35.0 Å². The number of anilines is 3. The van der Waals surface area contributed by atoms with Crippen LogP contribution in [0.1, 0.15) is 11.1 Å². The fourth-order valence-electron chi connectivity index (χ4n) is 2.20. The van der Waals surface area contributed by atoms with E-state index < -0.39 is 0 Å². The summed E-state index contributed by atoms with van der Waals surface area (Å²) >= 11 is 0. The maximum absolute atomic E-state index is 13.7. The summed E-state index contributed by atoms with van der Waals surface area (Å²) < 4.78 is 13.7. The zero-order valence-electron chi connectivity index (χ0n) is 12.8. The minimum atomic E-state index is -0.262. The van der Waals surface area contributed by atoms with Crippen LogP contribution in [0.3, 0.4) is 0 Å². The van der Waals surface area contributed by atoms with Crippen LogP contribution in [0.25, 0.3) is 0 Å². The van der Waals surface area contributed by atoms with Crippen molar-refractivity contribution in [2.24, 2.45) is 0 Å². The van der Waals surface area contributed by atoms with Crippen LogP contribution in [-0.2, 0) is 6.54 Å². The molecule has 0 aliphatic carbocycles. The fourth-order valence-corrected chi connectivity index (χ4v) is 2.20. The molecule has 3 N–H and O–H groups in total. The molecular weight excluding hydrogens is 305 g/mol. The molecule has 0 bridgehead atoms. The summed E-state index contributed by atoms with van der Waals surface area (Å²) in [5.74, 6) is 1.00. The van der Waals surface area contributed by atoms with E-state index in [9.17, 15) is 4.39 Å². The van der Waals surface area contributed by atoms with Crippen molar-refractivity contribution < 1.29 is 4.39 Å². The normalized spacial score (nSPS) is 10.2. The third kappa shape index (κ3) is 3.73. The molecule has 120 valence electrons. The van der Waals surface area contributed by atoms with Crippen LogP contribution in [0.5, 0.6) is 0 Å². The Labute approximate surface area is 139 Å². The van der Waals surface area contributed by atoms with Crippen LogP contribution in [0, 0.1) is 11.2 Å². The number of nitrogens with one attached hydrogen (secondary N) is 3. The zero-order valence-corrected chi connectivity index (χ0v) is 12.8. The Balaban J connectivity index is 1.79. The van der Waals surface area contributed by atoms with Gasteiger partial charge in [-0.1, -0.05) is 24.3 Å². The third-order valence-electron chi connectivity index (χ3n) is 3.44. The lowest BCUT2D eigenvalue weighted by atomic mass is 10.2. The molecule has 0 unspecified atom stereocenters. The molecular formula is C18H16FN5. The number of hydrogen-bond acceptors (Lipinski definition) is 5. The van der Waals surface area contributed by atoms with Gasteiger partial charge in [-0.05, 0) is 18.2 Å². The molecule has 0 fully saturated rings. The highest BCUT2D eigenvalue weighted by atomic mass is 19.1. The lowest BCUT2D eigenvalue weighted by Gasteiger charge is -2.12. The van der Waals surface area contributed by atoms with Gasteiger partial charge in [0.15, 0.2) is 0 Å². The van der Waals surface area contributed by atoms with Gasteiger partial charge in [0.25, 0.3) is 0 Å². The largest absolute Gasteiger partial charge is 0.380 e. The summed E-state index contributed by atoms with van der Waals surface area (Å²) in [6.45, 7) is 0.320. The second-order valence-corrected chi connectivity index (χ2v) is 5.09. The second kappa shape index (κ2) is 7.32. The van der Waals surface area contributed by atoms with Crippen molar-refractivity contribution in [3.8, 4) is 0 Å². The molecule has 5 nitrogen and oxygen atoms in total. The van der Waals surface area contributed by atoms with Crippen molar-refractivity contribution >= 4 is 23.5 Å². The highest BCUT2D eigenvalue weighted by Crippen LogP contribution is 2.20. The number of nitrogens with zero attached hydrogens (tertiary/aromatic N) is 2. The number of halogens is 1. The molecule has 3 rings (SSSR count). The van der Waals surface area contributed by atoms with Crippen LogP contribution in [0.2, 0.25) is 0 Å². The molecule has 24 heavy (non-hydrogen) atoms. The molecule has 0 aliphatic heterocycles. The van der Waals surface area contributed by atoms with Crippen molar-refractivity contribution in [2.45, 2.75) is 6.54 Å². The number of pyridine rings is 2. The molecule has 0 radical (unpaired) electrons. The average molecular weight is 321 g/mol. The third-order valence-corrected chi connectivity index (χ3v) is 3.44. The Morgan fingerprint density at radius 2 is 1.88 bits per heavy atom. The Morgan fingerprint density at radius 3 is 2.62 bits per heavy atom. The summed E-state index contributed by atoms with van der Waals surface area (Å²) in [4.78, 5) is 8.45. The van der Waals surface area contributed by atoms with Crippen molar-refractivity contribution in [1.82, 2.24) is 9.97 Å². The van der Waals surface area contributed by atoms with Gasteiger partial charge in [-0.15, -0.1) is 0 Å². The van der Waals surface area contributed by atoms with Gasteiger partial charge in [-0.25, -0.2) is 14.4 Å². The first-order chi connectivity index (χ1) is 11.8. The molecule has 2 aromatic heterocycles. The van der Waals surface area contributed by atoms with Crippen LogP contribution in [0.15, 0.2) is 60.9 Å². The van der Waals surface area contributed by atoms with Gasteiger partial charge in [-0.2, -0.15) is 0 Å². The number of rotatable bonds is 6. The fraction of sp³-hybridized carbons (Fsp3) is 0.0556. The summed E-state index contributed by atoms with van der Waals surface area (Å²) in [6.07, 6.45) is 4.48. The molecule has 3 aromatic rings. The van der Waals surface area contributed by atoms with Gasteiger partial charge in [-0.3, -0.25) is 0 Å². The van der Waals surface area contributed by atoms with E-state index >= 15 is 0 Å². The molecule has 0 aliphatic rings. The monoisotopic (exact) mass is 321 g/mol. The average Bonchev–Trinajstić information content (AvgIpc) is 2.62. The minimum absolute atomic E-state index is 0.262. The summed E-state index contributed by atoms with van der Waals surface area (Å²) in [5, 5.41) is 13.7. The lowest BCUT2D eigenvalue weighted by molar-refractivity contribution is 0.613. The molecule has 2 heterocycles. The highest BCUT2D eigenvalue weighted by molar-refractivity contribution is 5.86. The Hall–Kier alpha value is -3.28. The zero-order chi connectivity index (χ0) is 16.8. The van der Waals surface area contributed by atoms with Crippen molar-refractivity contribution in [3.63, 3.8) is 0 Å². The van der Waals surface area contributed by atoms with Crippen LogP contribution in [-0.4, -0.2) is 16.2 Å². The van der Waals surface area contributed by atoms with E-state index in [0.717, 1.165) is 0 Å². The SMILES string of the molecule is N=Cc1cnc(Nc2ccccn2)cc1NCc1ccccc1F. The van der Waals surface area contributed by atoms with E-state index in [2.05, 4.69) is 20.6 Å². The number of aromatic nitrogens is 2. The van der Waals surface area contributed by atoms with Gasteiger partial charge >= 0.3 is 0 Å². The first-order valence-electron chi connectivity index (χ1n) is 7.42. The van der Waals surface area contributed by atoms with E-state index in [1.165, 1.54) is 12.3 Å². The number of benzene rings is 1. The van der Waals surface area contributed by atoms with Crippen molar-refractivity contribution in [1.29, 1.82) is 5.41 Å². The Bertz CT molecular complexity index is 836. The second-order valence-electron chi connectivity index (χ2n) is 5.09. The van der Waals surface area contributed by atoms with Gasteiger partial charge in [0, 0.05) is 48.0 Å². The van der Waals surface area contributed by atoms with Gasteiger partial charge in [0.05, 0.1) is 0 Å². The van der Waals surface area contributed by atoms with E-state index in [1.54, 1.807) is 36.7 Å². The molecule has 0 spiro atoms. The van der Waals surface area contributed by atoms with E-state index in [1.807, 2.05) is 18.2 Å². The molecule has 0 saturated carbocycles. The van der Waals surface area contributed by atoms with Gasteiger partial charge in [0.1, 0.15) is 17.5 Å². The number of hydrogen-bond donors (Lipinski definition) is 3. The topological polar surface area (TPSA) is 73.7 Å². The lowest BCUT2D eigenvalue weighted by Crippen LogP contribution is -2.06. The first-order valence-corrected chi connectivity index (χ1v) is 7.42. The van der Waals surface area contributed by atoms with Crippen LogP contribution in [0.4, 0.5) is 21.7 Å².